The van der Waals surface area contributed by atoms with E-state index < -0.39 is 5.82 Å². The zero-order valence-corrected chi connectivity index (χ0v) is 14.5. The first kappa shape index (κ1) is 19.4. The second-order valence-electron chi connectivity index (χ2n) is 6.39. The molecule has 1 aromatic carbocycles. The minimum absolute atomic E-state index is 0.0672. The first-order chi connectivity index (χ1) is 12.6. The van der Waals surface area contributed by atoms with Crippen LogP contribution in [0.3, 0.4) is 0 Å². The quantitative estimate of drug-likeness (QED) is 0.318. The number of carbonyl (C=O) groups is 1. The summed E-state index contributed by atoms with van der Waals surface area (Å²) in [7, 11) is 0. The van der Waals surface area contributed by atoms with Crippen molar-refractivity contribution in [2.45, 2.75) is 38.5 Å². The number of halogens is 1. The number of carbonyl (C=O) groups excluding carboxylic acids is 1. The van der Waals surface area contributed by atoms with Crippen LogP contribution in [-0.4, -0.2) is 5.97 Å². The number of hydrogen-bond acceptors (Lipinski definition) is 4. The highest BCUT2D eigenvalue weighted by Crippen LogP contribution is 2.32. The largest absolute Gasteiger partial charge is 0.426 e. The highest BCUT2D eigenvalue weighted by molar-refractivity contribution is 5.75. The lowest BCUT2D eigenvalue weighted by atomic mass is 9.80. The van der Waals surface area contributed by atoms with Crippen LogP contribution in [0.5, 0.6) is 5.75 Å². The molecule has 134 valence electrons. The standard InChI is InChI=1S/C21H21FN2O2/c22-20-14-19(12-11-18(20)15-24)26-21(25)17-9-7-16(8-10-17)6-4-2-1-3-5-13-23/h1-3,5,11-12,14,16-17H,4,6-10H2. The van der Waals surface area contributed by atoms with Gasteiger partial charge in [-0.15, -0.1) is 0 Å². The molecule has 1 fully saturated rings. The highest BCUT2D eigenvalue weighted by Gasteiger charge is 2.27. The molecular weight excluding hydrogens is 331 g/mol. The monoisotopic (exact) mass is 352 g/mol. The van der Waals surface area contributed by atoms with Crippen LogP contribution in [0, 0.1) is 40.3 Å². The number of ether oxygens (including phenoxy) is 1. The van der Waals surface area contributed by atoms with E-state index in [0.717, 1.165) is 44.6 Å². The third kappa shape index (κ3) is 5.86. The Balaban J connectivity index is 1.75. The molecule has 1 aliphatic carbocycles. The summed E-state index contributed by atoms with van der Waals surface area (Å²) < 4.78 is 18.8. The highest BCUT2D eigenvalue weighted by atomic mass is 19.1. The zero-order valence-electron chi connectivity index (χ0n) is 14.5. The lowest BCUT2D eigenvalue weighted by Gasteiger charge is -2.26. The van der Waals surface area contributed by atoms with Gasteiger partial charge >= 0.3 is 5.97 Å². The van der Waals surface area contributed by atoms with Crippen LogP contribution in [0.4, 0.5) is 4.39 Å². The molecule has 0 spiro atoms. The number of hydrogen-bond donors (Lipinski definition) is 0. The fraction of sp³-hybridized carbons (Fsp3) is 0.381. The Morgan fingerprint density at radius 1 is 1.23 bits per heavy atom. The first-order valence-corrected chi connectivity index (χ1v) is 8.76. The minimum atomic E-state index is -0.681. The van der Waals surface area contributed by atoms with Gasteiger partial charge in [-0.1, -0.05) is 18.2 Å². The minimum Gasteiger partial charge on any atom is -0.426 e. The average molecular weight is 352 g/mol. The molecule has 0 atom stereocenters. The van der Waals surface area contributed by atoms with Crippen molar-refractivity contribution in [1.29, 1.82) is 10.5 Å². The van der Waals surface area contributed by atoms with E-state index in [9.17, 15) is 9.18 Å². The van der Waals surface area contributed by atoms with E-state index in [4.69, 9.17) is 15.3 Å². The Kier molecular flexibility index (Phi) is 7.58. The molecule has 0 heterocycles. The molecule has 0 aliphatic heterocycles. The molecule has 0 saturated heterocycles. The summed E-state index contributed by atoms with van der Waals surface area (Å²) in [6, 6.07) is 7.51. The van der Waals surface area contributed by atoms with Crippen LogP contribution < -0.4 is 4.74 Å². The van der Waals surface area contributed by atoms with Crippen LogP contribution in [0.15, 0.2) is 42.5 Å². The van der Waals surface area contributed by atoms with E-state index in [1.54, 1.807) is 12.1 Å². The maximum absolute atomic E-state index is 13.6. The maximum atomic E-state index is 13.6. The van der Waals surface area contributed by atoms with Gasteiger partial charge in [0.2, 0.25) is 0 Å². The van der Waals surface area contributed by atoms with Crippen molar-refractivity contribution in [2.75, 3.05) is 0 Å². The van der Waals surface area contributed by atoms with Crippen molar-refractivity contribution in [2.24, 2.45) is 11.8 Å². The third-order valence-electron chi connectivity index (χ3n) is 4.62. The van der Waals surface area contributed by atoms with Crippen molar-refractivity contribution in [3.05, 3.63) is 53.9 Å². The van der Waals surface area contributed by atoms with E-state index in [1.165, 1.54) is 18.2 Å². The second kappa shape index (κ2) is 10.2. The number of benzene rings is 1. The summed E-state index contributed by atoms with van der Waals surface area (Å²) in [4.78, 5) is 12.2. The van der Waals surface area contributed by atoms with Gasteiger partial charge < -0.3 is 4.74 Å². The number of esters is 1. The Hall–Kier alpha value is -2.92. The molecule has 4 nitrogen and oxygen atoms in total. The van der Waals surface area contributed by atoms with Crippen LogP contribution in [0.1, 0.15) is 44.1 Å². The normalized spacial score (nSPS) is 20.0. The SMILES string of the molecule is N#CC=CC=CCCC1CCC(C(=O)Oc2ccc(C#N)c(F)c2)CC1. The number of allylic oxidation sites excluding steroid dienone is 4. The molecule has 1 aliphatic rings. The number of nitrogens with zero attached hydrogens (tertiary/aromatic N) is 2. The van der Waals surface area contributed by atoms with Crippen LogP contribution in [0.25, 0.3) is 0 Å². The van der Waals surface area contributed by atoms with Crippen LogP contribution in [-0.2, 0) is 4.79 Å². The van der Waals surface area contributed by atoms with Gasteiger partial charge in [-0.25, -0.2) is 4.39 Å². The molecule has 2 rings (SSSR count). The zero-order chi connectivity index (χ0) is 18.8. The fourth-order valence-electron chi connectivity index (χ4n) is 3.14. The second-order valence-corrected chi connectivity index (χ2v) is 6.39. The lowest BCUT2D eigenvalue weighted by Crippen LogP contribution is -2.25. The Morgan fingerprint density at radius 3 is 2.65 bits per heavy atom. The van der Waals surface area contributed by atoms with Gasteiger partial charge in [0.15, 0.2) is 0 Å². The molecule has 1 aromatic rings. The van der Waals surface area contributed by atoms with Gasteiger partial charge in [0.25, 0.3) is 0 Å². The summed E-state index contributed by atoms with van der Waals surface area (Å²) in [6.45, 7) is 0. The van der Waals surface area contributed by atoms with E-state index in [1.807, 2.05) is 18.2 Å². The fourth-order valence-corrected chi connectivity index (χ4v) is 3.14. The summed E-state index contributed by atoms with van der Waals surface area (Å²) in [5.41, 5.74) is -0.0672. The van der Waals surface area contributed by atoms with Crippen LogP contribution >= 0.6 is 0 Å². The maximum Gasteiger partial charge on any atom is 0.314 e. The van der Waals surface area contributed by atoms with Gasteiger partial charge in [-0.3, -0.25) is 4.79 Å². The van der Waals surface area contributed by atoms with Crippen molar-refractivity contribution >= 4 is 5.97 Å². The van der Waals surface area contributed by atoms with Gasteiger partial charge in [-0.2, -0.15) is 10.5 Å². The van der Waals surface area contributed by atoms with E-state index in [0.29, 0.717) is 5.92 Å². The van der Waals surface area contributed by atoms with Crippen molar-refractivity contribution in [3.8, 4) is 17.9 Å². The molecule has 1 saturated carbocycles. The van der Waals surface area contributed by atoms with E-state index in [2.05, 4.69) is 0 Å². The molecule has 5 heteroatoms. The van der Waals surface area contributed by atoms with E-state index in [-0.39, 0.29) is 23.2 Å². The predicted octanol–water partition coefficient (Wildman–Crippen LogP) is 4.83. The van der Waals surface area contributed by atoms with Gasteiger partial charge in [0.1, 0.15) is 17.6 Å². The van der Waals surface area contributed by atoms with Gasteiger partial charge in [-0.05, 0) is 56.6 Å². The topological polar surface area (TPSA) is 73.9 Å². The smallest absolute Gasteiger partial charge is 0.314 e. The first-order valence-electron chi connectivity index (χ1n) is 8.76. The Morgan fingerprint density at radius 2 is 2.00 bits per heavy atom. The number of rotatable bonds is 6. The van der Waals surface area contributed by atoms with Gasteiger partial charge in [0.05, 0.1) is 17.6 Å². The molecule has 0 N–H and O–H groups in total. The summed E-state index contributed by atoms with van der Waals surface area (Å²) >= 11 is 0. The molecule has 0 aromatic heterocycles. The lowest BCUT2D eigenvalue weighted by molar-refractivity contribution is -0.140. The predicted molar refractivity (Wildman–Crippen MR) is 95.3 cm³/mol. The van der Waals surface area contributed by atoms with Crippen molar-refractivity contribution in [1.82, 2.24) is 0 Å². The Labute approximate surface area is 153 Å². The average Bonchev–Trinajstić information content (AvgIpc) is 2.65. The molecule has 0 unspecified atom stereocenters. The molecule has 0 amide bonds. The van der Waals surface area contributed by atoms with Crippen LogP contribution in [0.2, 0.25) is 0 Å². The number of nitriles is 2. The van der Waals surface area contributed by atoms with Crippen molar-refractivity contribution in [3.63, 3.8) is 0 Å². The van der Waals surface area contributed by atoms with E-state index >= 15 is 0 Å². The van der Waals surface area contributed by atoms with Gasteiger partial charge in [0, 0.05) is 12.1 Å². The molecule has 0 radical (unpaired) electrons. The Bertz CT molecular complexity index is 763. The third-order valence-corrected chi connectivity index (χ3v) is 4.62. The molecular formula is C21H21FN2O2. The van der Waals surface area contributed by atoms with Crippen molar-refractivity contribution < 1.29 is 13.9 Å². The summed E-state index contributed by atoms with van der Waals surface area (Å²) in [5.74, 6) is -0.424. The summed E-state index contributed by atoms with van der Waals surface area (Å²) in [5, 5.41) is 17.1. The molecule has 0 bridgehead atoms. The molecule has 26 heavy (non-hydrogen) atoms. The summed E-state index contributed by atoms with van der Waals surface area (Å²) in [6.07, 6.45) is 12.6.